The average molecular weight is 311 g/mol. The van der Waals surface area contributed by atoms with Gasteiger partial charge in [0.25, 0.3) is 0 Å². The van der Waals surface area contributed by atoms with E-state index in [1.807, 2.05) is 0 Å². The number of fused-ring (bicyclic) bond motifs is 1. The Bertz CT molecular complexity index is 669. The Morgan fingerprint density at radius 3 is 2.82 bits per heavy atom. The van der Waals surface area contributed by atoms with Crippen LogP contribution in [0.2, 0.25) is 0 Å². The molecular formula is C18H21N3S. The summed E-state index contributed by atoms with van der Waals surface area (Å²) in [6.07, 6.45) is 6.21. The molecule has 1 saturated carbocycles. The van der Waals surface area contributed by atoms with Gasteiger partial charge in [-0.3, -0.25) is 0 Å². The molecule has 22 heavy (non-hydrogen) atoms. The fourth-order valence-corrected chi connectivity index (χ4v) is 4.19. The number of amidine groups is 1. The lowest BCUT2D eigenvalue weighted by Gasteiger charge is -2.42. The maximum Gasteiger partial charge on any atom is 0.128 e. The summed E-state index contributed by atoms with van der Waals surface area (Å²) in [6.45, 7) is 0.855. The summed E-state index contributed by atoms with van der Waals surface area (Å²) in [7, 11) is 0. The number of hydrogen-bond acceptors (Lipinski definition) is 4. The van der Waals surface area contributed by atoms with Crippen molar-refractivity contribution in [1.82, 2.24) is 5.32 Å². The van der Waals surface area contributed by atoms with Crippen molar-refractivity contribution < 1.29 is 0 Å². The fourth-order valence-electron chi connectivity index (χ4n) is 3.53. The highest BCUT2D eigenvalue weighted by Gasteiger charge is 2.40. The van der Waals surface area contributed by atoms with Gasteiger partial charge in [-0.15, -0.1) is 0 Å². The van der Waals surface area contributed by atoms with E-state index in [1.54, 1.807) is 11.3 Å². The van der Waals surface area contributed by atoms with Gasteiger partial charge in [0.2, 0.25) is 0 Å². The van der Waals surface area contributed by atoms with Crippen LogP contribution >= 0.6 is 11.3 Å². The monoisotopic (exact) mass is 311 g/mol. The minimum atomic E-state index is 0.00260. The van der Waals surface area contributed by atoms with Crippen LogP contribution in [-0.2, 0) is 6.54 Å². The summed E-state index contributed by atoms with van der Waals surface area (Å²) in [6, 6.07) is 10.5. The maximum atomic E-state index is 4.97. The van der Waals surface area contributed by atoms with E-state index in [-0.39, 0.29) is 5.54 Å². The Balaban J connectivity index is 1.65. The van der Waals surface area contributed by atoms with Crippen molar-refractivity contribution >= 4 is 28.5 Å². The van der Waals surface area contributed by atoms with E-state index >= 15 is 0 Å². The van der Waals surface area contributed by atoms with Crippen LogP contribution in [0.25, 0.3) is 0 Å². The second kappa shape index (κ2) is 5.76. The van der Waals surface area contributed by atoms with Crippen molar-refractivity contribution in [2.24, 2.45) is 4.99 Å². The molecule has 0 unspecified atom stereocenters. The Labute approximate surface area is 135 Å². The number of benzene rings is 1. The van der Waals surface area contributed by atoms with Gasteiger partial charge in [0, 0.05) is 6.54 Å². The van der Waals surface area contributed by atoms with Gasteiger partial charge >= 0.3 is 0 Å². The van der Waals surface area contributed by atoms with Gasteiger partial charge in [-0.1, -0.05) is 31.4 Å². The van der Waals surface area contributed by atoms with Gasteiger partial charge in [0.1, 0.15) is 5.84 Å². The van der Waals surface area contributed by atoms with E-state index in [0.717, 1.165) is 30.9 Å². The summed E-state index contributed by atoms with van der Waals surface area (Å²) < 4.78 is 0. The van der Waals surface area contributed by atoms with Crippen LogP contribution in [0.1, 0.15) is 37.7 Å². The first kappa shape index (κ1) is 13.8. The molecule has 1 aromatic heterocycles. The summed E-state index contributed by atoms with van der Waals surface area (Å²) in [5.74, 6) is 1.12. The molecule has 1 aliphatic carbocycles. The third kappa shape index (κ3) is 2.52. The average Bonchev–Trinajstić information content (AvgIpc) is 3.07. The zero-order chi connectivity index (χ0) is 14.8. The number of nitrogens with one attached hydrogen (secondary N) is 2. The fraction of sp³-hybridized carbons (Fsp3) is 0.389. The summed E-state index contributed by atoms with van der Waals surface area (Å²) in [5.41, 5.74) is 3.55. The predicted molar refractivity (Wildman–Crippen MR) is 94.1 cm³/mol. The first-order valence-electron chi connectivity index (χ1n) is 8.07. The molecule has 114 valence electrons. The number of nitrogens with zero attached hydrogens (tertiary/aromatic N) is 1. The molecule has 1 fully saturated rings. The lowest BCUT2D eigenvalue weighted by Crippen LogP contribution is -2.54. The molecule has 4 heteroatoms. The molecule has 0 radical (unpaired) electrons. The van der Waals surface area contributed by atoms with Gasteiger partial charge in [0.15, 0.2) is 0 Å². The molecule has 0 saturated heterocycles. The van der Waals surface area contributed by atoms with Crippen molar-refractivity contribution in [2.75, 3.05) is 5.32 Å². The summed E-state index contributed by atoms with van der Waals surface area (Å²) >= 11 is 1.75. The zero-order valence-electron chi connectivity index (χ0n) is 12.6. The van der Waals surface area contributed by atoms with Gasteiger partial charge < -0.3 is 10.6 Å². The lowest BCUT2D eigenvalue weighted by atomic mass is 9.79. The Morgan fingerprint density at radius 2 is 2.00 bits per heavy atom. The maximum absolute atomic E-state index is 4.97. The van der Waals surface area contributed by atoms with Crippen molar-refractivity contribution in [3.8, 4) is 0 Å². The van der Waals surface area contributed by atoms with Crippen LogP contribution in [0.3, 0.4) is 0 Å². The highest BCUT2D eigenvalue weighted by atomic mass is 32.1. The van der Waals surface area contributed by atoms with E-state index in [1.165, 1.54) is 30.5 Å². The highest BCUT2D eigenvalue weighted by Crippen LogP contribution is 2.40. The molecule has 4 rings (SSSR count). The standard InChI is InChI=1S/C18H21N3S/c1-4-9-18(10-5-1)17(19-12-14-8-11-22-13-14)20-15-6-2-3-7-16(15)21-18/h2-3,6-8,11,13,21H,1,4-5,9-10,12H2,(H,19,20). The molecule has 1 spiro atoms. The van der Waals surface area contributed by atoms with Gasteiger partial charge in [-0.25, -0.2) is 4.99 Å². The molecule has 1 aromatic carbocycles. The molecule has 0 atom stereocenters. The lowest BCUT2D eigenvalue weighted by molar-refractivity contribution is 0.396. The summed E-state index contributed by atoms with van der Waals surface area (Å²) in [4.78, 5) is 4.97. The Morgan fingerprint density at radius 1 is 1.14 bits per heavy atom. The van der Waals surface area contributed by atoms with Crippen molar-refractivity contribution in [2.45, 2.75) is 44.2 Å². The molecule has 2 aromatic rings. The highest BCUT2D eigenvalue weighted by molar-refractivity contribution is 7.07. The third-order valence-electron chi connectivity index (χ3n) is 4.71. The SMILES string of the molecule is c1ccc2c(c1)N=C(NCc1ccsc1)C1(CCCCC1)N2. The second-order valence-corrected chi connectivity index (χ2v) is 7.01. The normalized spacial score (nSPS) is 19.2. The van der Waals surface area contributed by atoms with E-state index in [2.05, 4.69) is 51.7 Å². The minimum Gasteiger partial charge on any atom is -0.371 e. The molecule has 0 amide bonds. The number of hydrogen-bond donors (Lipinski definition) is 2. The zero-order valence-corrected chi connectivity index (χ0v) is 13.5. The number of anilines is 1. The van der Waals surface area contributed by atoms with E-state index in [0.29, 0.717) is 0 Å². The quantitative estimate of drug-likeness (QED) is 0.843. The molecule has 2 aliphatic rings. The van der Waals surface area contributed by atoms with Crippen LogP contribution < -0.4 is 10.6 Å². The molecular weight excluding hydrogens is 290 g/mol. The number of rotatable bonds is 2. The van der Waals surface area contributed by atoms with E-state index in [9.17, 15) is 0 Å². The van der Waals surface area contributed by atoms with Crippen LogP contribution in [0.4, 0.5) is 11.4 Å². The molecule has 2 heterocycles. The molecule has 3 nitrogen and oxygen atoms in total. The van der Waals surface area contributed by atoms with Crippen LogP contribution in [-0.4, -0.2) is 11.4 Å². The van der Waals surface area contributed by atoms with E-state index < -0.39 is 0 Å². The third-order valence-corrected chi connectivity index (χ3v) is 5.44. The first-order valence-corrected chi connectivity index (χ1v) is 9.01. The smallest absolute Gasteiger partial charge is 0.128 e. The van der Waals surface area contributed by atoms with Gasteiger partial charge in [-0.05, 0) is 47.4 Å². The van der Waals surface area contributed by atoms with E-state index in [4.69, 9.17) is 4.99 Å². The number of thiophene rings is 1. The van der Waals surface area contributed by atoms with Crippen LogP contribution in [0.5, 0.6) is 0 Å². The van der Waals surface area contributed by atoms with Crippen molar-refractivity contribution in [3.63, 3.8) is 0 Å². The first-order chi connectivity index (χ1) is 10.9. The molecule has 2 N–H and O–H groups in total. The Kier molecular flexibility index (Phi) is 3.62. The number of para-hydroxylation sites is 2. The van der Waals surface area contributed by atoms with Crippen molar-refractivity contribution in [3.05, 3.63) is 46.7 Å². The summed E-state index contributed by atoms with van der Waals surface area (Å²) in [5, 5.41) is 11.7. The van der Waals surface area contributed by atoms with Crippen LogP contribution in [0, 0.1) is 0 Å². The largest absolute Gasteiger partial charge is 0.371 e. The minimum absolute atomic E-state index is 0.00260. The number of aliphatic imine (C=N–C) groups is 1. The predicted octanol–water partition coefficient (Wildman–Crippen LogP) is 4.70. The topological polar surface area (TPSA) is 36.4 Å². The molecule has 0 bridgehead atoms. The second-order valence-electron chi connectivity index (χ2n) is 6.23. The van der Waals surface area contributed by atoms with Gasteiger partial charge in [0.05, 0.1) is 16.9 Å². The Hall–Kier alpha value is -1.81. The van der Waals surface area contributed by atoms with Crippen molar-refractivity contribution in [1.29, 1.82) is 0 Å². The van der Waals surface area contributed by atoms with Crippen LogP contribution in [0.15, 0.2) is 46.1 Å². The van der Waals surface area contributed by atoms with Gasteiger partial charge in [-0.2, -0.15) is 11.3 Å². The molecule has 1 aliphatic heterocycles.